The molecule has 0 saturated heterocycles. The number of hydrogen-bond donors (Lipinski definition) is 1. The van der Waals surface area contributed by atoms with Crippen LogP contribution in [0.2, 0.25) is 0 Å². The van der Waals surface area contributed by atoms with Crippen molar-refractivity contribution in [1.82, 2.24) is 4.90 Å². The fourth-order valence-electron chi connectivity index (χ4n) is 2.07. The molecule has 24 heavy (non-hydrogen) atoms. The maximum Gasteiger partial charge on any atom is 0.246 e. The highest BCUT2D eigenvalue weighted by Crippen LogP contribution is 2.19. The van der Waals surface area contributed by atoms with E-state index in [2.05, 4.69) is 4.72 Å². The molecule has 0 fully saturated rings. The van der Waals surface area contributed by atoms with E-state index >= 15 is 0 Å². The fraction of sp³-hybridized carbons (Fsp3) is 0.235. The van der Waals surface area contributed by atoms with E-state index in [0.717, 1.165) is 17.6 Å². The standard InChI is InChI=1S/C17H20N2O4S/c1-13(16-5-4-12-23-16)19(2)17(20)11-8-14-6-9-15(10-7-14)18-24(3,21)22/h4-13,18H,1-3H3/b11-8+. The summed E-state index contributed by atoms with van der Waals surface area (Å²) in [5.74, 6) is 0.563. The van der Waals surface area contributed by atoms with Crippen LogP contribution in [-0.2, 0) is 14.8 Å². The van der Waals surface area contributed by atoms with Crippen molar-refractivity contribution in [3.63, 3.8) is 0 Å². The van der Waals surface area contributed by atoms with E-state index in [0.29, 0.717) is 5.69 Å². The van der Waals surface area contributed by atoms with Crippen molar-refractivity contribution < 1.29 is 17.6 Å². The smallest absolute Gasteiger partial charge is 0.246 e. The number of amides is 1. The summed E-state index contributed by atoms with van der Waals surface area (Å²) < 4.78 is 30.0. The molecule has 1 aromatic heterocycles. The summed E-state index contributed by atoms with van der Waals surface area (Å²) in [6.45, 7) is 1.89. The van der Waals surface area contributed by atoms with Gasteiger partial charge in [-0.05, 0) is 42.8 Å². The van der Waals surface area contributed by atoms with Crippen LogP contribution in [-0.4, -0.2) is 32.5 Å². The number of likely N-dealkylation sites (N-methyl/N-ethyl adjacent to an activating group) is 1. The van der Waals surface area contributed by atoms with Gasteiger partial charge < -0.3 is 9.32 Å². The van der Waals surface area contributed by atoms with Gasteiger partial charge in [0, 0.05) is 18.8 Å². The van der Waals surface area contributed by atoms with Gasteiger partial charge in [-0.25, -0.2) is 8.42 Å². The summed E-state index contributed by atoms with van der Waals surface area (Å²) in [4.78, 5) is 13.8. The van der Waals surface area contributed by atoms with E-state index in [1.54, 1.807) is 54.6 Å². The topological polar surface area (TPSA) is 79.6 Å². The van der Waals surface area contributed by atoms with Gasteiger partial charge in [-0.1, -0.05) is 12.1 Å². The Hall–Kier alpha value is -2.54. The zero-order valence-corrected chi connectivity index (χ0v) is 14.6. The first-order chi connectivity index (χ1) is 11.3. The van der Waals surface area contributed by atoms with Crippen molar-refractivity contribution in [2.24, 2.45) is 0 Å². The molecule has 1 heterocycles. The quantitative estimate of drug-likeness (QED) is 0.814. The summed E-state index contributed by atoms with van der Waals surface area (Å²) in [7, 11) is -1.59. The lowest BCUT2D eigenvalue weighted by Crippen LogP contribution is -2.27. The second-order valence-corrected chi connectivity index (χ2v) is 7.22. The van der Waals surface area contributed by atoms with Crippen LogP contribution in [0.3, 0.4) is 0 Å². The lowest BCUT2D eigenvalue weighted by molar-refractivity contribution is -0.126. The molecule has 7 heteroatoms. The van der Waals surface area contributed by atoms with Crippen molar-refractivity contribution >= 4 is 27.7 Å². The number of furan rings is 1. The van der Waals surface area contributed by atoms with E-state index in [1.807, 2.05) is 13.0 Å². The van der Waals surface area contributed by atoms with Gasteiger partial charge in [0.1, 0.15) is 5.76 Å². The summed E-state index contributed by atoms with van der Waals surface area (Å²) in [6, 6.07) is 10.2. The van der Waals surface area contributed by atoms with Gasteiger partial charge in [0.05, 0.1) is 18.6 Å². The van der Waals surface area contributed by atoms with Crippen molar-refractivity contribution in [2.75, 3.05) is 18.0 Å². The van der Waals surface area contributed by atoms with Crippen molar-refractivity contribution in [2.45, 2.75) is 13.0 Å². The lowest BCUT2D eigenvalue weighted by atomic mass is 10.2. The van der Waals surface area contributed by atoms with Crippen LogP contribution in [0, 0.1) is 0 Å². The normalized spacial score (nSPS) is 13.0. The SMILES string of the molecule is CC(c1ccco1)N(C)C(=O)/C=C/c1ccc(NS(C)(=O)=O)cc1. The number of anilines is 1. The van der Waals surface area contributed by atoms with Crippen molar-refractivity contribution in [3.05, 3.63) is 60.1 Å². The molecule has 1 aromatic carbocycles. The van der Waals surface area contributed by atoms with Crippen molar-refractivity contribution in [1.29, 1.82) is 0 Å². The summed E-state index contributed by atoms with van der Waals surface area (Å²) >= 11 is 0. The van der Waals surface area contributed by atoms with E-state index in [9.17, 15) is 13.2 Å². The minimum atomic E-state index is -3.30. The van der Waals surface area contributed by atoms with Gasteiger partial charge in [0.15, 0.2) is 0 Å². The highest BCUT2D eigenvalue weighted by Gasteiger charge is 2.17. The minimum absolute atomic E-state index is 0.155. The molecular formula is C17H20N2O4S. The minimum Gasteiger partial charge on any atom is -0.467 e. The van der Waals surface area contributed by atoms with Crippen molar-refractivity contribution in [3.8, 4) is 0 Å². The second kappa shape index (κ2) is 7.35. The first-order valence-electron chi connectivity index (χ1n) is 7.32. The summed E-state index contributed by atoms with van der Waals surface area (Å²) in [5, 5.41) is 0. The van der Waals surface area contributed by atoms with Crippen LogP contribution in [0.1, 0.15) is 24.3 Å². The van der Waals surface area contributed by atoms with Crippen LogP contribution >= 0.6 is 0 Å². The van der Waals surface area contributed by atoms with Crippen LogP contribution in [0.4, 0.5) is 5.69 Å². The summed E-state index contributed by atoms with van der Waals surface area (Å²) in [6.07, 6.45) is 5.82. The number of benzene rings is 1. The zero-order chi connectivity index (χ0) is 17.7. The third kappa shape index (κ3) is 4.99. The predicted octanol–water partition coefficient (Wildman–Crippen LogP) is 2.88. The van der Waals surface area contributed by atoms with Gasteiger partial charge in [-0.2, -0.15) is 0 Å². The Morgan fingerprint density at radius 1 is 1.25 bits per heavy atom. The highest BCUT2D eigenvalue weighted by molar-refractivity contribution is 7.92. The number of nitrogens with one attached hydrogen (secondary N) is 1. The molecule has 0 aliphatic carbocycles. The third-order valence-corrected chi connectivity index (χ3v) is 4.12. The highest BCUT2D eigenvalue weighted by atomic mass is 32.2. The molecular weight excluding hydrogens is 328 g/mol. The Labute approximate surface area is 141 Å². The van der Waals surface area contributed by atoms with E-state index in [1.165, 1.54) is 6.08 Å². The molecule has 1 N–H and O–H groups in total. The molecule has 0 aliphatic heterocycles. The molecule has 6 nitrogen and oxygen atoms in total. The second-order valence-electron chi connectivity index (χ2n) is 5.47. The van der Waals surface area contributed by atoms with Gasteiger partial charge >= 0.3 is 0 Å². The van der Waals surface area contributed by atoms with E-state index < -0.39 is 10.0 Å². The van der Waals surface area contributed by atoms with E-state index in [-0.39, 0.29) is 11.9 Å². The molecule has 0 spiro atoms. The maximum absolute atomic E-state index is 12.2. The maximum atomic E-state index is 12.2. The largest absolute Gasteiger partial charge is 0.467 e. The van der Waals surface area contributed by atoms with Crippen LogP contribution < -0.4 is 4.72 Å². The number of sulfonamides is 1. The molecule has 0 aliphatic rings. The van der Waals surface area contributed by atoms with Crippen LogP contribution in [0.5, 0.6) is 0 Å². The van der Waals surface area contributed by atoms with Gasteiger partial charge in [-0.3, -0.25) is 9.52 Å². The number of carbonyl (C=O) groups excluding carboxylic acids is 1. The first-order valence-corrected chi connectivity index (χ1v) is 9.21. The number of nitrogens with zero attached hydrogens (tertiary/aromatic N) is 1. The average molecular weight is 348 g/mol. The monoisotopic (exact) mass is 348 g/mol. The average Bonchev–Trinajstić information content (AvgIpc) is 3.05. The van der Waals surface area contributed by atoms with Crippen LogP contribution in [0.25, 0.3) is 6.08 Å². The molecule has 2 aromatic rings. The molecule has 0 bridgehead atoms. The third-order valence-electron chi connectivity index (χ3n) is 3.52. The first kappa shape index (κ1) is 17.8. The summed E-state index contributed by atoms with van der Waals surface area (Å²) in [5.41, 5.74) is 1.27. The van der Waals surface area contributed by atoms with E-state index in [4.69, 9.17) is 4.42 Å². The molecule has 0 radical (unpaired) electrons. The molecule has 128 valence electrons. The Morgan fingerprint density at radius 2 is 1.92 bits per heavy atom. The molecule has 2 rings (SSSR count). The molecule has 1 amide bonds. The predicted molar refractivity (Wildman–Crippen MR) is 93.8 cm³/mol. The zero-order valence-electron chi connectivity index (χ0n) is 13.8. The lowest BCUT2D eigenvalue weighted by Gasteiger charge is -2.21. The number of hydrogen-bond acceptors (Lipinski definition) is 4. The molecule has 1 unspecified atom stereocenters. The molecule has 1 atom stereocenters. The number of carbonyl (C=O) groups is 1. The Kier molecular flexibility index (Phi) is 5.46. The van der Waals surface area contributed by atoms with Crippen LogP contribution in [0.15, 0.2) is 53.2 Å². The Morgan fingerprint density at radius 3 is 2.46 bits per heavy atom. The molecule has 0 saturated carbocycles. The Bertz CT molecular complexity index is 809. The number of rotatable bonds is 6. The van der Waals surface area contributed by atoms with Gasteiger partial charge in [-0.15, -0.1) is 0 Å². The Balaban J connectivity index is 2.00. The fourth-order valence-corrected chi connectivity index (χ4v) is 2.64. The van der Waals surface area contributed by atoms with Gasteiger partial charge in [0.25, 0.3) is 0 Å². The van der Waals surface area contributed by atoms with Gasteiger partial charge in [0.2, 0.25) is 15.9 Å².